The van der Waals surface area contributed by atoms with Gasteiger partial charge in [0.15, 0.2) is 0 Å². The number of allylic oxidation sites excluding steroid dienone is 3. The number of furan rings is 1. The summed E-state index contributed by atoms with van der Waals surface area (Å²) in [5.41, 5.74) is 1.65. The lowest BCUT2D eigenvalue weighted by Crippen LogP contribution is -1.94. The molecule has 3 aromatic rings. The van der Waals surface area contributed by atoms with Gasteiger partial charge < -0.3 is 9.83 Å². The van der Waals surface area contributed by atoms with Crippen LogP contribution in [-0.4, -0.2) is 5.71 Å². The minimum atomic E-state index is -0.239. The van der Waals surface area contributed by atoms with E-state index in [0.29, 0.717) is 11.1 Å². The van der Waals surface area contributed by atoms with Gasteiger partial charge in [-0.05, 0) is 18.2 Å². The van der Waals surface area contributed by atoms with Crippen molar-refractivity contribution < 1.29 is 8.53 Å². The lowest BCUT2D eigenvalue weighted by atomic mass is 10.1. The number of fused-ring (bicyclic) bond motifs is 3. The Morgan fingerprint density at radius 1 is 1.21 bits per heavy atom. The van der Waals surface area contributed by atoms with Crippen LogP contribution in [0.5, 0.6) is 0 Å². The molecule has 1 aromatic heterocycles. The third-order valence-corrected chi connectivity index (χ3v) is 2.95. The fraction of sp³-hybridized carbons (Fsp3) is 0. The molecular formula is C17H13NO. The molecule has 92 valence electrons. The summed E-state index contributed by atoms with van der Waals surface area (Å²) in [5, 5.41) is 10.0. The van der Waals surface area contributed by atoms with Crippen LogP contribution in [0.25, 0.3) is 21.9 Å². The van der Waals surface area contributed by atoms with Crippen molar-refractivity contribution in [1.29, 1.82) is 5.41 Å². The Hall–Kier alpha value is -2.61. The maximum Gasteiger partial charge on any atom is 0.144 e. The minimum Gasteiger partial charge on any atom is -0.455 e. The van der Waals surface area contributed by atoms with Crippen LogP contribution in [-0.2, 0) is 0 Å². The second-order valence-electron chi connectivity index (χ2n) is 4.09. The molecule has 0 spiro atoms. The van der Waals surface area contributed by atoms with Gasteiger partial charge >= 0.3 is 0 Å². The summed E-state index contributed by atoms with van der Waals surface area (Å²) < 4.78 is 28.4. The lowest BCUT2D eigenvalue weighted by Gasteiger charge is -1.99. The monoisotopic (exact) mass is 250 g/mol. The number of benzene rings is 2. The number of hydrogen-bond donors (Lipinski definition) is 1. The average Bonchev–Trinajstić information content (AvgIpc) is 2.92. The van der Waals surface area contributed by atoms with Gasteiger partial charge in [0, 0.05) is 16.3 Å². The topological polar surface area (TPSA) is 37.0 Å². The Bertz CT molecular complexity index is 937. The van der Waals surface area contributed by atoms with Gasteiger partial charge in [-0.3, -0.25) is 0 Å². The van der Waals surface area contributed by atoms with Crippen LogP contribution in [0.2, 0.25) is 0 Å². The van der Waals surface area contributed by atoms with Crippen LogP contribution in [0, 0.1) is 5.41 Å². The van der Waals surface area contributed by atoms with Crippen molar-refractivity contribution in [3.63, 3.8) is 0 Å². The summed E-state index contributed by atoms with van der Waals surface area (Å²) in [6, 6.07) is 12.6. The molecule has 0 amide bonds. The van der Waals surface area contributed by atoms with E-state index in [0.717, 1.165) is 22.9 Å². The van der Waals surface area contributed by atoms with Gasteiger partial charge in [-0.2, -0.15) is 0 Å². The number of hydrogen-bond acceptors (Lipinski definition) is 2. The number of nitrogens with one attached hydrogen (secondary N) is 1. The van der Waals surface area contributed by atoms with Gasteiger partial charge in [0.05, 0.1) is 9.82 Å². The third kappa shape index (κ3) is 1.87. The predicted molar refractivity (Wildman–Crippen MR) is 79.9 cm³/mol. The first kappa shape index (κ1) is 8.48. The van der Waals surface area contributed by atoms with Crippen LogP contribution in [0.15, 0.2) is 71.6 Å². The van der Waals surface area contributed by atoms with Crippen molar-refractivity contribution in [3.05, 3.63) is 72.8 Å². The van der Waals surface area contributed by atoms with Crippen LogP contribution in [0.1, 0.15) is 9.68 Å². The molecule has 0 aliphatic heterocycles. The van der Waals surface area contributed by atoms with Crippen molar-refractivity contribution in [2.45, 2.75) is 0 Å². The van der Waals surface area contributed by atoms with E-state index in [1.807, 2.05) is 36.4 Å². The standard InChI is InChI=1S/C17H13NO/c1-2-3-10-15(18)14-9-6-8-13-12-7-4-5-11-16(12)19-17(13)14/h2-11,18H,1H2/b10-3-,18-15?/i1D,3D,10D/b2-1?,10-3-,18-15?. The highest BCUT2D eigenvalue weighted by molar-refractivity contribution is 6.17. The molecule has 0 atom stereocenters. The average molecular weight is 250 g/mol. The molecule has 3 rings (SSSR count). The van der Waals surface area contributed by atoms with Crippen LogP contribution in [0.4, 0.5) is 0 Å². The SMILES string of the molecule is [2H]C=C/C([2H])=C(/[2H])C(=N)c1cccc2c1oc1ccccc12. The molecule has 0 saturated carbocycles. The quantitative estimate of drug-likeness (QED) is 0.531. The van der Waals surface area contributed by atoms with E-state index in [1.54, 1.807) is 6.07 Å². The fourth-order valence-electron chi connectivity index (χ4n) is 2.13. The summed E-state index contributed by atoms with van der Waals surface area (Å²) in [4.78, 5) is 0. The van der Waals surface area contributed by atoms with E-state index < -0.39 is 0 Å². The molecule has 2 aromatic carbocycles. The fourth-order valence-corrected chi connectivity index (χ4v) is 2.13. The zero-order valence-electron chi connectivity index (χ0n) is 13.1. The largest absolute Gasteiger partial charge is 0.455 e. The summed E-state index contributed by atoms with van der Waals surface area (Å²) in [7, 11) is 0. The molecule has 0 aliphatic carbocycles. The van der Waals surface area contributed by atoms with Gasteiger partial charge in [-0.15, -0.1) is 0 Å². The molecule has 0 unspecified atom stereocenters. The number of rotatable bonds is 3. The minimum absolute atomic E-state index is 0.0900. The first-order valence-electron chi connectivity index (χ1n) is 7.43. The van der Waals surface area contributed by atoms with E-state index in [9.17, 15) is 0 Å². The van der Waals surface area contributed by atoms with Gasteiger partial charge in [0.25, 0.3) is 0 Å². The van der Waals surface area contributed by atoms with Crippen LogP contribution in [0.3, 0.4) is 0 Å². The zero-order valence-corrected chi connectivity index (χ0v) is 10.1. The summed E-state index contributed by atoms with van der Waals surface area (Å²) in [6.07, 6.45) is 1.18. The molecule has 1 heterocycles. The molecular weight excluding hydrogens is 234 g/mol. The Balaban J connectivity index is 2.24. The van der Waals surface area contributed by atoms with Crippen molar-refractivity contribution in [2.75, 3.05) is 0 Å². The van der Waals surface area contributed by atoms with Crippen molar-refractivity contribution >= 4 is 27.7 Å². The van der Waals surface area contributed by atoms with E-state index in [2.05, 4.69) is 0 Å². The first-order chi connectivity index (χ1) is 10.6. The highest BCUT2D eigenvalue weighted by Crippen LogP contribution is 2.30. The second-order valence-corrected chi connectivity index (χ2v) is 4.09. The molecule has 0 aliphatic rings. The lowest BCUT2D eigenvalue weighted by molar-refractivity contribution is 0.668. The van der Waals surface area contributed by atoms with Gasteiger partial charge in [0.2, 0.25) is 0 Å². The Morgan fingerprint density at radius 2 is 2.05 bits per heavy atom. The van der Waals surface area contributed by atoms with E-state index in [4.69, 9.17) is 13.9 Å². The normalized spacial score (nSPS) is 15.3. The molecule has 2 nitrogen and oxygen atoms in total. The smallest absolute Gasteiger partial charge is 0.144 e. The molecule has 1 N–H and O–H groups in total. The molecule has 0 saturated heterocycles. The zero-order chi connectivity index (χ0) is 15.7. The summed E-state index contributed by atoms with van der Waals surface area (Å²) in [6.45, 7) is 0.936. The Morgan fingerprint density at radius 3 is 2.95 bits per heavy atom. The second kappa shape index (κ2) is 4.58. The highest BCUT2D eigenvalue weighted by Gasteiger charge is 2.11. The van der Waals surface area contributed by atoms with E-state index in [-0.39, 0.29) is 17.8 Å². The maximum atomic E-state index is 8.18. The Kier molecular flexibility index (Phi) is 2.04. The highest BCUT2D eigenvalue weighted by atomic mass is 16.3. The predicted octanol–water partition coefficient (Wildman–Crippen LogP) is 4.70. The summed E-state index contributed by atoms with van der Waals surface area (Å²) >= 11 is 0. The van der Waals surface area contributed by atoms with Gasteiger partial charge in [-0.1, -0.05) is 49.0 Å². The summed E-state index contributed by atoms with van der Waals surface area (Å²) in [5.74, 6) is 0. The molecule has 19 heavy (non-hydrogen) atoms. The number of para-hydroxylation sites is 2. The van der Waals surface area contributed by atoms with Gasteiger partial charge in [-0.25, -0.2) is 0 Å². The molecule has 0 fully saturated rings. The first-order valence-corrected chi connectivity index (χ1v) is 5.85. The molecule has 2 heteroatoms. The maximum absolute atomic E-state index is 8.18. The van der Waals surface area contributed by atoms with E-state index in [1.165, 1.54) is 6.08 Å². The van der Waals surface area contributed by atoms with Crippen molar-refractivity contribution in [3.8, 4) is 0 Å². The van der Waals surface area contributed by atoms with E-state index >= 15 is 0 Å². The van der Waals surface area contributed by atoms with Crippen molar-refractivity contribution in [1.82, 2.24) is 0 Å². The molecule has 0 bridgehead atoms. The van der Waals surface area contributed by atoms with Crippen LogP contribution >= 0.6 is 0 Å². The van der Waals surface area contributed by atoms with Gasteiger partial charge in [0.1, 0.15) is 11.2 Å². The third-order valence-electron chi connectivity index (χ3n) is 2.95. The van der Waals surface area contributed by atoms with Crippen LogP contribution < -0.4 is 0 Å². The Labute approximate surface area is 115 Å². The molecule has 0 radical (unpaired) electrons. The van der Waals surface area contributed by atoms with Crippen molar-refractivity contribution in [2.24, 2.45) is 0 Å².